The molecule has 14 nitrogen and oxygen atoms in total. The molecule has 7 N–H and O–H groups in total. The number of unbranched alkanes of at least 4 members (excludes halogenated alkanes) is 26. The van der Waals surface area contributed by atoms with Crippen molar-refractivity contribution in [3.63, 3.8) is 0 Å². The summed E-state index contributed by atoms with van der Waals surface area (Å²) in [6.45, 7) is 7.19. The molecule has 69 heavy (non-hydrogen) atoms. The molecule has 0 aromatic rings. The summed E-state index contributed by atoms with van der Waals surface area (Å²) in [5, 5.41) is 28.5. The number of aliphatic hydroxyl groups is 1. The van der Waals surface area contributed by atoms with Crippen molar-refractivity contribution in [2.75, 3.05) is 19.7 Å². The number of carbonyl (C=O) groups excluding carboxylic acids is 5. The minimum absolute atomic E-state index is 0.0770. The first kappa shape index (κ1) is 65.7. The zero-order valence-electron chi connectivity index (χ0n) is 44.2. The lowest BCUT2D eigenvalue weighted by Gasteiger charge is -2.22. The first-order valence-electron chi connectivity index (χ1n) is 28.3. The fourth-order valence-electron chi connectivity index (χ4n) is 8.58. The minimum atomic E-state index is -1.36. The Labute approximate surface area is 419 Å². The Hall–Kier alpha value is -3.26. The molecule has 3 amide bonds. The molecular formula is C55H104N4O10. The van der Waals surface area contributed by atoms with Gasteiger partial charge < -0.3 is 41.4 Å². The molecular weight excluding hydrogens is 877 g/mol. The number of nitrogens with two attached hydrogens (primary N) is 1. The number of nitrogens with one attached hydrogen (secondary N) is 3. The van der Waals surface area contributed by atoms with Crippen LogP contribution in [0.15, 0.2) is 0 Å². The van der Waals surface area contributed by atoms with Gasteiger partial charge in [0.2, 0.25) is 17.7 Å². The highest BCUT2D eigenvalue weighted by Gasteiger charge is 2.26. The van der Waals surface area contributed by atoms with E-state index in [0.29, 0.717) is 38.6 Å². The summed E-state index contributed by atoms with van der Waals surface area (Å²) < 4.78 is 11.4. The largest absolute Gasteiger partial charge is 0.481 e. The molecule has 0 aliphatic heterocycles. The predicted octanol–water partition coefficient (Wildman–Crippen LogP) is 11.2. The normalized spacial score (nSPS) is 13.0. The number of rotatable bonds is 51. The van der Waals surface area contributed by atoms with Gasteiger partial charge in [0, 0.05) is 19.4 Å². The molecule has 0 fully saturated rings. The maximum atomic E-state index is 13.4. The Morgan fingerprint density at radius 1 is 0.493 bits per heavy atom. The number of ether oxygens (including phenoxy) is 2. The van der Waals surface area contributed by atoms with Crippen molar-refractivity contribution < 1.29 is 48.5 Å². The number of aliphatic carboxylic acids is 1. The van der Waals surface area contributed by atoms with E-state index in [-0.39, 0.29) is 56.7 Å². The number of carboxylic acids is 1. The Morgan fingerprint density at radius 2 is 0.942 bits per heavy atom. The average molecular weight is 981 g/mol. The standard InChI is InChI=1S/C55H104N4O10/c1-4-7-10-13-16-19-22-25-29-36-47(60)42-50(61)58-46(45-68-53(65)38-32-28-33-40-56)35-34-41-57-55(67)49(44-52(63)64)59-51(62)43-48(37-30-26-23-20-17-14-11-8-5-2)69-54(66)39-31-27-24-21-18-15-12-9-6-3/h46-49,60H,4-45,56H2,1-3H3,(H,57,67)(H,58,61)(H,59,62)(H,63,64)/t46-,47-,48-,49-/m1/s1. The third-order valence-electron chi connectivity index (χ3n) is 12.8. The number of carboxylic acid groups (broad SMARTS) is 1. The van der Waals surface area contributed by atoms with Crippen LogP contribution in [0.5, 0.6) is 0 Å². The van der Waals surface area contributed by atoms with Gasteiger partial charge in [0.15, 0.2) is 0 Å². The van der Waals surface area contributed by atoms with E-state index in [0.717, 1.165) is 83.5 Å². The molecule has 0 rings (SSSR count). The number of hydrogen-bond donors (Lipinski definition) is 6. The topological polar surface area (TPSA) is 223 Å². The van der Waals surface area contributed by atoms with Crippen LogP contribution in [0.2, 0.25) is 0 Å². The van der Waals surface area contributed by atoms with Gasteiger partial charge in [-0.15, -0.1) is 0 Å². The molecule has 0 bridgehead atoms. The first-order chi connectivity index (χ1) is 33.4. The van der Waals surface area contributed by atoms with Gasteiger partial charge in [-0.25, -0.2) is 0 Å². The lowest BCUT2D eigenvalue weighted by Crippen LogP contribution is -2.49. The van der Waals surface area contributed by atoms with Gasteiger partial charge in [-0.3, -0.25) is 28.8 Å². The van der Waals surface area contributed by atoms with Crippen LogP contribution in [0.3, 0.4) is 0 Å². The third-order valence-corrected chi connectivity index (χ3v) is 12.8. The predicted molar refractivity (Wildman–Crippen MR) is 277 cm³/mol. The lowest BCUT2D eigenvalue weighted by atomic mass is 10.0. The second-order valence-corrected chi connectivity index (χ2v) is 19.7. The van der Waals surface area contributed by atoms with Crippen LogP contribution in [0, 0.1) is 0 Å². The van der Waals surface area contributed by atoms with Crippen molar-refractivity contribution in [2.45, 2.75) is 295 Å². The van der Waals surface area contributed by atoms with Gasteiger partial charge in [0.05, 0.1) is 31.4 Å². The second kappa shape index (κ2) is 48.4. The van der Waals surface area contributed by atoms with Crippen molar-refractivity contribution >= 4 is 35.6 Å². The van der Waals surface area contributed by atoms with E-state index < -0.39 is 48.5 Å². The van der Waals surface area contributed by atoms with Gasteiger partial charge in [-0.1, -0.05) is 188 Å². The lowest BCUT2D eigenvalue weighted by molar-refractivity contribution is -0.151. The van der Waals surface area contributed by atoms with Crippen molar-refractivity contribution in [1.82, 2.24) is 16.0 Å². The zero-order valence-corrected chi connectivity index (χ0v) is 44.2. The molecule has 0 heterocycles. The summed E-state index contributed by atoms with van der Waals surface area (Å²) in [6.07, 6.45) is 32.7. The summed E-state index contributed by atoms with van der Waals surface area (Å²) in [5.41, 5.74) is 5.57. The van der Waals surface area contributed by atoms with E-state index >= 15 is 0 Å². The molecule has 0 saturated heterocycles. The quantitative estimate of drug-likeness (QED) is 0.0248. The highest BCUT2D eigenvalue weighted by atomic mass is 16.5. The molecule has 4 atom stereocenters. The van der Waals surface area contributed by atoms with Crippen molar-refractivity contribution in [2.24, 2.45) is 5.73 Å². The molecule has 0 aliphatic carbocycles. The van der Waals surface area contributed by atoms with Crippen LogP contribution < -0.4 is 21.7 Å². The maximum Gasteiger partial charge on any atom is 0.306 e. The van der Waals surface area contributed by atoms with Crippen molar-refractivity contribution in [1.29, 1.82) is 0 Å². The molecule has 0 aliphatic rings. The summed E-state index contributed by atoms with van der Waals surface area (Å²) in [7, 11) is 0. The van der Waals surface area contributed by atoms with Crippen LogP contribution in [0.4, 0.5) is 0 Å². The third kappa shape index (κ3) is 44.4. The number of hydrogen-bond acceptors (Lipinski definition) is 10. The van der Waals surface area contributed by atoms with Gasteiger partial charge >= 0.3 is 17.9 Å². The van der Waals surface area contributed by atoms with Crippen molar-refractivity contribution in [3.05, 3.63) is 0 Å². The second-order valence-electron chi connectivity index (χ2n) is 19.7. The maximum absolute atomic E-state index is 13.4. The molecule has 14 heteroatoms. The Kier molecular flexibility index (Phi) is 46.1. The fourth-order valence-corrected chi connectivity index (χ4v) is 8.58. The molecule has 404 valence electrons. The molecule has 0 saturated carbocycles. The summed E-state index contributed by atoms with van der Waals surface area (Å²) in [5.74, 6) is -3.60. The summed E-state index contributed by atoms with van der Waals surface area (Å²) >= 11 is 0. The Bertz CT molecular complexity index is 1290. The Balaban J connectivity index is 5.33. The first-order valence-corrected chi connectivity index (χ1v) is 28.3. The zero-order chi connectivity index (χ0) is 51.0. The van der Waals surface area contributed by atoms with E-state index in [1.54, 1.807) is 0 Å². The summed E-state index contributed by atoms with van der Waals surface area (Å²) in [6, 6.07) is -1.94. The van der Waals surface area contributed by atoms with E-state index in [1.165, 1.54) is 103 Å². The SMILES string of the molecule is CCCCCCCCCCCC(=O)O[C@H](CCCCCCCCCCC)CC(=O)N[C@H](CC(=O)O)C(=O)NCCC[C@H](COC(=O)CCCCCN)NC(=O)C[C@H](O)CCCCCCCCCCC. The van der Waals surface area contributed by atoms with Crippen LogP contribution in [-0.4, -0.2) is 89.8 Å². The molecule has 0 aromatic carbocycles. The number of esters is 2. The van der Waals surface area contributed by atoms with E-state index in [1.807, 2.05) is 0 Å². The average Bonchev–Trinajstić information content (AvgIpc) is 3.31. The van der Waals surface area contributed by atoms with Gasteiger partial charge in [-0.2, -0.15) is 0 Å². The monoisotopic (exact) mass is 981 g/mol. The van der Waals surface area contributed by atoms with Gasteiger partial charge in [0.25, 0.3) is 0 Å². The number of aliphatic hydroxyl groups excluding tert-OH is 1. The van der Waals surface area contributed by atoms with Gasteiger partial charge in [0.1, 0.15) is 18.8 Å². The number of amides is 3. The fraction of sp³-hybridized carbons (Fsp3) is 0.891. The Morgan fingerprint density at radius 3 is 1.45 bits per heavy atom. The van der Waals surface area contributed by atoms with Crippen LogP contribution in [-0.2, 0) is 38.2 Å². The van der Waals surface area contributed by atoms with Crippen LogP contribution in [0.25, 0.3) is 0 Å². The minimum Gasteiger partial charge on any atom is -0.481 e. The number of carbonyl (C=O) groups is 6. The highest BCUT2D eigenvalue weighted by molar-refractivity contribution is 5.90. The molecule has 0 aromatic heterocycles. The van der Waals surface area contributed by atoms with Crippen LogP contribution >= 0.6 is 0 Å². The van der Waals surface area contributed by atoms with Crippen molar-refractivity contribution in [3.8, 4) is 0 Å². The molecule has 0 spiro atoms. The van der Waals surface area contributed by atoms with E-state index in [9.17, 15) is 39.0 Å². The van der Waals surface area contributed by atoms with Crippen LogP contribution in [0.1, 0.15) is 271 Å². The van der Waals surface area contributed by atoms with E-state index in [2.05, 4.69) is 36.7 Å². The smallest absolute Gasteiger partial charge is 0.306 e. The molecule has 0 radical (unpaired) electrons. The highest BCUT2D eigenvalue weighted by Crippen LogP contribution is 2.18. The van der Waals surface area contributed by atoms with Gasteiger partial charge in [-0.05, 0) is 57.9 Å². The summed E-state index contributed by atoms with van der Waals surface area (Å²) in [4.78, 5) is 77.1. The van der Waals surface area contributed by atoms with E-state index in [4.69, 9.17) is 15.2 Å². The molecule has 0 unspecified atom stereocenters.